The highest BCUT2D eigenvalue weighted by atomic mass is 16.4. The molecule has 3 rings (SSSR count). The second-order valence-corrected chi connectivity index (χ2v) is 5.78. The predicted molar refractivity (Wildman–Crippen MR) is 88.6 cm³/mol. The Hall–Kier alpha value is -2.62. The van der Waals surface area contributed by atoms with E-state index in [-0.39, 0.29) is 11.8 Å². The SMILES string of the molecule is CC[C@H]1c2ccccc2[C@@H](C(=O)O)N(C(C)=O)c2ccccc21. The molecule has 2 aromatic rings. The average molecular weight is 309 g/mol. The zero-order valence-electron chi connectivity index (χ0n) is 13.2. The van der Waals surface area contributed by atoms with Gasteiger partial charge in [-0.2, -0.15) is 0 Å². The van der Waals surface area contributed by atoms with Gasteiger partial charge in [0.1, 0.15) is 0 Å². The Bertz CT molecular complexity index is 705. The van der Waals surface area contributed by atoms with E-state index in [0.717, 1.165) is 17.5 Å². The Morgan fingerprint density at radius 1 is 1.00 bits per heavy atom. The maximum atomic E-state index is 12.3. The number of benzene rings is 2. The molecule has 23 heavy (non-hydrogen) atoms. The van der Waals surface area contributed by atoms with Crippen molar-refractivity contribution >= 4 is 17.6 Å². The van der Waals surface area contributed by atoms with E-state index in [0.29, 0.717) is 11.3 Å². The molecule has 1 amide bonds. The molecule has 0 aromatic heterocycles. The highest BCUT2D eigenvalue weighted by molar-refractivity contribution is 6.00. The zero-order valence-corrected chi connectivity index (χ0v) is 13.2. The third kappa shape index (κ3) is 2.40. The summed E-state index contributed by atoms with van der Waals surface area (Å²) in [5.41, 5.74) is 3.37. The number of anilines is 1. The molecule has 4 heteroatoms. The monoisotopic (exact) mass is 309 g/mol. The Balaban J connectivity index is 2.38. The quantitative estimate of drug-likeness (QED) is 0.919. The van der Waals surface area contributed by atoms with Crippen LogP contribution in [0.2, 0.25) is 0 Å². The number of amides is 1. The van der Waals surface area contributed by atoms with E-state index in [1.165, 1.54) is 11.8 Å². The fourth-order valence-electron chi connectivity index (χ4n) is 3.56. The van der Waals surface area contributed by atoms with Gasteiger partial charge in [0.2, 0.25) is 5.91 Å². The number of carboxylic acids is 1. The lowest BCUT2D eigenvalue weighted by Gasteiger charge is -2.28. The molecule has 2 atom stereocenters. The molecule has 0 bridgehead atoms. The van der Waals surface area contributed by atoms with Gasteiger partial charge in [-0.25, -0.2) is 4.79 Å². The van der Waals surface area contributed by atoms with Crippen molar-refractivity contribution in [2.24, 2.45) is 0 Å². The molecule has 0 saturated carbocycles. The summed E-state index contributed by atoms with van der Waals surface area (Å²) in [5, 5.41) is 9.82. The molecule has 0 unspecified atom stereocenters. The van der Waals surface area contributed by atoms with Gasteiger partial charge in [-0.15, -0.1) is 0 Å². The maximum Gasteiger partial charge on any atom is 0.331 e. The number of carbonyl (C=O) groups excluding carboxylic acids is 1. The Kier molecular flexibility index (Phi) is 3.90. The lowest BCUT2D eigenvalue weighted by molar-refractivity contribution is -0.140. The summed E-state index contributed by atoms with van der Waals surface area (Å²) in [7, 11) is 0. The van der Waals surface area contributed by atoms with Crippen LogP contribution in [0.15, 0.2) is 48.5 Å². The number of aliphatic carboxylic acids is 1. The minimum absolute atomic E-state index is 0.0774. The number of carboxylic acid groups (broad SMARTS) is 1. The minimum Gasteiger partial charge on any atom is -0.479 e. The Labute approximate surface area is 135 Å². The van der Waals surface area contributed by atoms with Gasteiger partial charge in [-0.3, -0.25) is 9.69 Å². The van der Waals surface area contributed by atoms with Crippen molar-refractivity contribution in [2.45, 2.75) is 32.2 Å². The van der Waals surface area contributed by atoms with Crippen LogP contribution in [0.3, 0.4) is 0 Å². The molecule has 1 heterocycles. The first-order chi connectivity index (χ1) is 11.1. The highest BCUT2D eigenvalue weighted by Crippen LogP contribution is 2.44. The molecule has 4 nitrogen and oxygen atoms in total. The van der Waals surface area contributed by atoms with E-state index in [2.05, 4.69) is 6.92 Å². The molecule has 1 aliphatic heterocycles. The van der Waals surface area contributed by atoms with Gasteiger partial charge < -0.3 is 5.11 Å². The van der Waals surface area contributed by atoms with E-state index < -0.39 is 12.0 Å². The molecule has 2 aromatic carbocycles. The minimum atomic E-state index is -1.01. The third-order valence-electron chi connectivity index (χ3n) is 4.48. The van der Waals surface area contributed by atoms with Gasteiger partial charge in [0.05, 0.1) is 0 Å². The van der Waals surface area contributed by atoms with Crippen LogP contribution in [0, 0.1) is 0 Å². The van der Waals surface area contributed by atoms with Crippen molar-refractivity contribution in [3.05, 3.63) is 65.2 Å². The number of carbonyl (C=O) groups is 2. The Morgan fingerprint density at radius 3 is 2.13 bits per heavy atom. The summed E-state index contributed by atoms with van der Waals surface area (Å²) in [6.07, 6.45) is 0.839. The second kappa shape index (κ2) is 5.88. The number of hydrogen-bond donors (Lipinski definition) is 1. The second-order valence-electron chi connectivity index (χ2n) is 5.78. The summed E-state index contributed by atoms with van der Waals surface area (Å²) in [5.74, 6) is -1.20. The first-order valence-electron chi connectivity index (χ1n) is 7.76. The van der Waals surface area contributed by atoms with Gasteiger partial charge in [0.25, 0.3) is 0 Å². The summed E-state index contributed by atoms with van der Waals surface area (Å²) in [6, 6.07) is 14.1. The van der Waals surface area contributed by atoms with Crippen LogP contribution < -0.4 is 4.90 Å². The molecule has 1 N–H and O–H groups in total. The molecule has 0 fully saturated rings. The molecular weight excluding hydrogens is 290 g/mol. The first kappa shape index (κ1) is 15.3. The molecule has 0 spiro atoms. The smallest absolute Gasteiger partial charge is 0.331 e. The van der Waals surface area contributed by atoms with Crippen LogP contribution in [0.4, 0.5) is 5.69 Å². The van der Waals surface area contributed by atoms with E-state index in [9.17, 15) is 14.7 Å². The van der Waals surface area contributed by atoms with Crippen LogP contribution in [0.5, 0.6) is 0 Å². The number of para-hydroxylation sites is 1. The fourth-order valence-corrected chi connectivity index (χ4v) is 3.56. The van der Waals surface area contributed by atoms with Crippen molar-refractivity contribution in [2.75, 3.05) is 4.90 Å². The molecule has 0 aliphatic carbocycles. The van der Waals surface area contributed by atoms with Gasteiger partial charge in [-0.05, 0) is 29.2 Å². The highest BCUT2D eigenvalue weighted by Gasteiger charge is 2.38. The largest absolute Gasteiger partial charge is 0.479 e. The van der Waals surface area contributed by atoms with Crippen LogP contribution in [-0.2, 0) is 9.59 Å². The maximum absolute atomic E-state index is 12.3. The normalized spacial score (nSPS) is 19.5. The van der Waals surface area contributed by atoms with Gasteiger partial charge in [0, 0.05) is 18.5 Å². The number of hydrogen-bond acceptors (Lipinski definition) is 2. The summed E-state index contributed by atoms with van der Waals surface area (Å²) < 4.78 is 0. The Morgan fingerprint density at radius 2 is 1.57 bits per heavy atom. The molecule has 118 valence electrons. The summed E-state index contributed by atoms with van der Waals surface area (Å²) in [6.45, 7) is 3.50. The average Bonchev–Trinajstić information content (AvgIpc) is 2.66. The number of fused-ring (bicyclic) bond motifs is 2. The predicted octanol–water partition coefficient (Wildman–Crippen LogP) is 3.72. The molecular formula is C19H19NO3. The summed E-state index contributed by atoms with van der Waals surface area (Å²) in [4.78, 5) is 25.7. The van der Waals surface area contributed by atoms with Crippen molar-refractivity contribution in [1.82, 2.24) is 0 Å². The molecule has 1 aliphatic rings. The third-order valence-corrected chi connectivity index (χ3v) is 4.48. The van der Waals surface area contributed by atoms with Gasteiger partial charge in [-0.1, -0.05) is 49.4 Å². The van der Waals surface area contributed by atoms with Crippen molar-refractivity contribution < 1.29 is 14.7 Å². The molecule has 0 saturated heterocycles. The van der Waals surface area contributed by atoms with Crippen LogP contribution in [0.1, 0.15) is 48.9 Å². The van der Waals surface area contributed by atoms with Crippen LogP contribution in [0.25, 0.3) is 0 Å². The van der Waals surface area contributed by atoms with Crippen molar-refractivity contribution in [1.29, 1.82) is 0 Å². The van der Waals surface area contributed by atoms with Gasteiger partial charge >= 0.3 is 5.97 Å². The molecule has 0 radical (unpaired) electrons. The zero-order chi connectivity index (χ0) is 16.6. The topological polar surface area (TPSA) is 57.6 Å². The fraction of sp³-hybridized carbons (Fsp3) is 0.263. The van der Waals surface area contributed by atoms with E-state index in [4.69, 9.17) is 0 Å². The van der Waals surface area contributed by atoms with E-state index in [1.807, 2.05) is 48.5 Å². The van der Waals surface area contributed by atoms with Crippen molar-refractivity contribution in [3.8, 4) is 0 Å². The van der Waals surface area contributed by atoms with E-state index >= 15 is 0 Å². The van der Waals surface area contributed by atoms with Gasteiger partial charge in [0.15, 0.2) is 6.04 Å². The van der Waals surface area contributed by atoms with Crippen LogP contribution >= 0.6 is 0 Å². The number of rotatable bonds is 2. The summed E-state index contributed by atoms with van der Waals surface area (Å²) >= 11 is 0. The standard InChI is InChI=1S/C19H19NO3/c1-3-13-14-8-4-5-10-16(14)18(19(22)23)20(12(2)21)17-11-7-6-9-15(13)17/h4-11,13,18H,3H2,1-2H3,(H,22,23)/t13-,18-/m0/s1. The van der Waals surface area contributed by atoms with E-state index in [1.54, 1.807) is 0 Å². The first-order valence-corrected chi connectivity index (χ1v) is 7.76. The lowest BCUT2D eigenvalue weighted by Crippen LogP contribution is -2.37. The lowest BCUT2D eigenvalue weighted by atomic mass is 9.85. The van der Waals surface area contributed by atoms with Crippen LogP contribution in [-0.4, -0.2) is 17.0 Å². The van der Waals surface area contributed by atoms with Crippen molar-refractivity contribution in [3.63, 3.8) is 0 Å². The number of nitrogens with zero attached hydrogens (tertiary/aromatic N) is 1.